The lowest BCUT2D eigenvalue weighted by Gasteiger charge is -2.19. The molecule has 4 heteroatoms. The van der Waals surface area contributed by atoms with Crippen LogP contribution in [-0.4, -0.2) is 17.5 Å². The smallest absolute Gasteiger partial charge is 0.269 e. The predicted octanol–water partition coefficient (Wildman–Crippen LogP) is 1.89. The number of fused-ring (bicyclic) bond motifs is 2. The van der Waals surface area contributed by atoms with Crippen molar-refractivity contribution in [1.82, 2.24) is 0 Å². The molecule has 2 saturated carbocycles. The Labute approximate surface area is 113 Å². The molecule has 0 amide bonds. The summed E-state index contributed by atoms with van der Waals surface area (Å²) in [6.07, 6.45) is 6.76. The fourth-order valence-electron chi connectivity index (χ4n) is 3.83. The van der Waals surface area contributed by atoms with Gasteiger partial charge in [-0.3, -0.25) is 10.1 Å². The highest BCUT2D eigenvalue weighted by molar-refractivity contribution is 5.32. The van der Waals surface area contributed by atoms with Gasteiger partial charge < -0.3 is 5.32 Å². The topological polar surface area (TPSA) is 59.8 Å². The van der Waals surface area contributed by atoms with Gasteiger partial charge in [-0.25, -0.2) is 0 Å². The minimum absolute atomic E-state index is 0.181. The second-order valence-corrected chi connectivity index (χ2v) is 6.04. The average Bonchev–Trinajstić information content (AvgIpc) is 3.02. The first kappa shape index (κ1) is 12.6. The monoisotopic (exact) mass is 261 g/mol. The number of nitro groups is 1. The van der Waals surface area contributed by atoms with Gasteiger partial charge in [0.15, 0.2) is 0 Å². The molecular formula is C15H21N2O2+. The number of nitrogens with two attached hydrogens (primary N) is 1. The van der Waals surface area contributed by atoms with E-state index in [1.165, 1.54) is 31.2 Å². The predicted molar refractivity (Wildman–Crippen MR) is 72.8 cm³/mol. The van der Waals surface area contributed by atoms with Crippen molar-refractivity contribution < 1.29 is 10.2 Å². The van der Waals surface area contributed by atoms with Crippen molar-refractivity contribution in [3.05, 3.63) is 39.9 Å². The van der Waals surface area contributed by atoms with E-state index in [0.717, 1.165) is 30.8 Å². The van der Waals surface area contributed by atoms with Crippen LogP contribution in [0.2, 0.25) is 0 Å². The van der Waals surface area contributed by atoms with Crippen LogP contribution in [-0.2, 0) is 6.42 Å². The van der Waals surface area contributed by atoms with Gasteiger partial charge in [0.25, 0.3) is 5.69 Å². The van der Waals surface area contributed by atoms with Crippen LogP contribution in [0.5, 0.6) is 0 Å². The summed E-state index contributed by atoms with van der Waals surface area (Å²) in [6.45, 7) is 1.10. The largest absolute Gasteiger partial charge is 0.343 e. The zero-order valence-corrected chi connectivity index (χ0v) is 11.1. The Hall–Kier alpha value is -1.42. The van der Waals surface area contributed by atoms with Gasteiger partial charge in [-0.2, -0.15) is 0 Å². The number of non-ortho nitro benzene ring substituents is 1. The first-order chi connectivity index (χ1) is 9.22. The normalized spacial score (nSPS) is 28.7. The molecule has 0 spiro atoms. The standard InChI is InChI=1S/C15H20N2O2/c18-17(19)14-5-2-11(3-6-14)7-8-16-15-10-12-1-4-13(15)9-12/h2-3,5-6,12-13,15-16H,1,4,7-10H2/p+1/t12-,13+,15-/m0/s1. The summed E-state index contributed by atoms with van der Waals surface area (Å²) in [6, 6.07) is 7.82. The molecule has 0 saturated heterocycles. The van der Waals surface area contributed by atoms with Crippen molar-refractivity contribution in [2.75, 3.05) is 6.54 Å². The maximum absolute atomic E-state index is 10.6. The third-order valence-corrected chi connectivity index (χ3v) is 4.84. The van der Waals surface area contributed by atoms with Crippen molar-refractivity contribution >= 4 is 5.69 Å². The Morgan fingerprint density at radius 1 is 1.21 bits per heavy atom. The Morgan fingerprint density at radius 3 is 2.58 bits per heavy atom. The van der Waals surface area contributed by atoms with Crippen molar-refractivity contribution in [2.45, 2.75) is 38.1 Å². The fourth-order valence-corrected chi connectivity index (χ4v) is 3.83. The summed E-state index contributed by atoms with van der Waals surface area (Å²) in [4.78, 5) is 10.2. The molecule has 19 heavy (non-hydrogen) atoms. The molecule has 2 bridgehead atoms. The molecule has 3 atom stereocenters. The lowest BCUT2D eigenvalue weighted by Crippen LogP contribution is -2.91. The van der Waals surface area contributed by atoms with Crippen LogP contribution in [0.15, 0.2) is 24.3 Å². The maximum Gasteiger partial charge on any atom is 0.269 e. The zero-order valence-electron chi connectivity index (χ0n) is 11.1. The van der Waals surface area contributed by atoms with Crippen LogP contribution in [0, 0.1) is 22.0 Å². The molecule has 2 N–H and O–H groups in total. The van der Waals surface area contributed by atoms with Gasteiger partial charge in [0, 0.05) is 30.9 Å². The summed E-state index contributed by atoms with van der Waals surface area (Å²) in [5.74, 6) is 1.97. The van der Waals surface area contributed by atoms with Crippen molar-refractivity contribution in [1.29, 1.82) is 0 Å². The van der Waals surface area contributed by atoms with E-state index < -0.39 is 0 Å². The van der Waals surface area contributed by atoms with E-state index in [2.05, 4.69) is 5.32 Å². The molecule has 0 aromatic heterocycles. The van der Waals surface area contributed by atoms with E-state index in [1.54, 1.807) is 12.1 Å². The summed E-state index contributed by atoms with van der Waals surface area (Å²) in [5, 5.41) is 13.1. The number of rotatable bonds is 5. The van der Waals surface area contributed by atoms with Gasteiger partial charge >= 0.3 is 0 Å². The quantitative estimate of drug-likeness (QED) is 0.650. The molecule has 0 heterocycles. The molecule has 102 valence electrons. The third-order valence-electron chi connectivity index (χ3n) is 4.84. The van der Waals surface area contributed by atoms with Crippen LogP contribution in [0.1, 0.15) is 31.2 Å². The van der Waals surface area contributed by atoms with E-state index in [0.29, 0.717) is 0 Å². The number of hydrogen-bond donors (Lipinski definition) is 1. The lowest BCUT2D eigenvalue weighted by atomic mass is 9.95. The maximum atomic E-state index is 10.6. The van der Waals surface area contributed by atoms with Gasteiger partial charge in [-0.15, -0.1) is 0 Å². The van der Waals surface area contributed by atoms with E-state index in [1.807, 2.05) is 12.1 Å². The van der Waals surface area contributed by atoms with Gasteiger partial charge in [-0.1, -0.05) is 12.1 Å². The van der Waals surface area contributed by atoms with Gasteiger partial charge in [0.05, 0.1) is 17.5 Å². The first-order valence-corrected chi connectivity index (χ1v) is 7.29. The first-order valence-electron chi connectivity index (χ1n) is 7.29. The van der Waals surface area contributed by atoms with E-state index >= 15 is 0 Å². The average molecular weight is 261 g/mol. The van der Waals surface area contributed by atoms with E-state index in [-0.39, 0.29) is 10.6 Å². The number of nitro benzene ring substituents is 1. The molecule has 0 unspecified atom stereocenters. The molecule has 2 fully saturated rings. The van der Waals surface area contributed by atoms with Crippen molar-refractivity contribution in [3.63, 3.8) is 0 Å². The highest BCUT2D eigenvalue weighted by Crippen LogP contribution is 2.42. The van der Waals surface area contributed by atoms with Gasteiger partial charge in [-0.05, 0) is 30.7 Å². The Kier molecular flexibility index (Phi) is 3.51. The van der Waals surface area contributed by atoms with Crippen molar-refractivity contribution in [2.24, 2.45) is 11.8 Å². The molecule has 1 aromatic carbocycles. The molecule has 1 aromatic rings. The minimum atomic E-state index is -0.342. The molecule has 0 aliphatic heterocycles. The zero-order chi connectivity index (χ0) is 13.2. The second-order valence-electron chi connectivity index (χ2n) is 6.04. The van der Waals surface area contributed by atoms with E-state index in [9.17, 15) is 10.1 Å². The Morgan fingerprint density at radius 2 is 2.00 bits per heavy atom. The van der Waals surface area contributed by atoms with Crippen LogP contribution in [0.25, 0.3) is 0 Å². The van der Waals surface area contributed by atoms with Gasteiger partial charge in [0.1, 0.15) is 0 Å². The van der Waals surface area contributed by atoms with Crippen LogP contribution in [0.3, 0.4) is 0 Å². The molecule has 3 rings (SSSR count). The number of hydrogen-bond acceptors (Lipinski definition) is 2. The number of benzene rings is 1. The summed E-state index contributed by atoms with van der Waals surface area (Å²) in [7, 11) is 0. The van der Waals surface area contributed by atoms with Crippen LogP contribution in [0.4, 0.5) is 5.69 Å². The SMILES string of the molecule is O=[N+]([O-])c1ccc(CC[NH2+][C@H]2C[C@H]3CC[C@@H]2C3)cc1. The van der Waals surface area contributed by atoms with E-state index in [4.69, 9.17) is 0 Å². The summed E-state index contributed by atoms with van der Waals surface area (Å²) < 4.78 is 0. The van der Waals surface area contributed by atoms with Crippen LogP contribution >= 0.6 is 0 Å². The number of nitrogens with zero attached hydrogens (tertiary/aromatic N) is 1. The Bertz CT molecular complexity index is 458. The Balaban J connectivity index is 1.46. The highest BCUT2D eigenvalue weighted by Gasteiger charge is 2.41. The molecular weight excluding hydrogens is 240 g/mol. The molecule has 4 nitrogen and oxygen atoms in total. The second kappa shape index (κ2) is 5.29. The minimum Gasteiger partial charge on any atom is -0.343 e. The molecule has 2 aliphatic carbocycles. The lowest BCUT2D eigenvalue weighted by molar-refractivity contribution is -0.694. The van der Waals surface area contributed by atoms with Crippen molar-refractivity contribution in [3.8, 4) is 0 Å². The molecule has 2 aliphatic rings. The summed E-state index contributed by atoms with van der Waals surface area (Å²) >= 11 is 0. The fraction of sp³-hybridized carbons (Fsp3) is 0.600. The summed E-state index contributed by atoms with van der Waals surface area (Å²) in [5.41, 5.74) is 1.38. The highest BCUT2D eigenvalue weighted by atomic mass is 16.6. The van der Waals surface area contributed by atoms with Crippen LogP contribution < -0.4 is 5.32 Å². The third kappa shape index (κ3) is 2.78. The van der Waals surface area contributed by atoms with Gasteiger partial charge in [0.2, 0.25) is 0 Å². The number of quaternary nitrogens is 1. The molecule has 0 radical (unpaired) electrons.